The second kappa shape index (κ2) is 8.44. The highest BCUT2D eigenvalue weighted by atomic mass is 16.5. The first kappa shape index (κ1) is 16.4. The Morgan fingerprint density at radius 1 is 1.46 bits per heavy atom. The predicted octanol–water partition coefficient (Wildman–Crippen LogP) is 1.73. The molecule has 1 unspecified atom stereocenters. The third-order valence-electron chi connectivity index (χ3n) is 3.90. The Morgan fingerprint density at radius 3 is 3.21 bits per heavy atom. The summed E-state index contributed by atoms with van der Waals surface area (Å²) < 4.78 is 11.3. The van der Waals surface area contributed by atoms with Crippen molar-refractivity contribution in [3.8, 4) is 5.75 Å². The standard InChI is InChI=1S/C17H22N4O3/c22-17(18-8-2-7-16-19-12-20-21-16)13-4-1-5-14(10-13)24-11-15-6-3-9-23-15/h1,4-5,10,12,15H,2-3,6-9,11H2,(H,18,22)(H,19,20,21). The Bertz CT molecular complexity index is 639. The van der Waals surface area contributed by atoms with Crippen LogP contribution in [0.15, 0.2) is 30.6 Å². The maximum Gasteiger partial charge on any atom is 0.251 e. The number of ether oxygens (including phenoxy) is 2. The summed E-state index contributed by atoms with van der Waals surface area (Å²) in [6.45, 7) is 1.92. The smallest absolute Gasteiger partial charge is 0.251 e. The number of hydrogen-bond acceptors (Lipinski definition) is 5. The Kier molecular flexibility index (Phi) is 5.79. The van der Waals surface area contributed by atoms with Gasteiger partial charge in [-0.2, -0.15) is 5.10 Å². The molecule has 0 radical (unpaired) electrons. The van der Waals surface area contributed by atoms with Crippen LogP contribution >= 0.6 is 0 Å². The molecule has 0 spiro atoms. The van der Waals surface area contributed by atoms with Gasteiger partial charge in [-0.05, 0) is 37.5 Å². The van der Waals surface area contributed by atoms with Crippen LogP contribution in [0.25, 0.3) is 0 Å². The van der Waals surface area contributed by atoms with Crippen LogP contribution in [0.4, 0.5) is 0 Å². The highest BCUT2D eigenvalue weighted by Crippen LogP contribution is 2.17. The van der Waals surface area contributed by atoms with Crippen molar-refractivity contribution in [3.05, 3.63) is 42.0 Å². The van der Waals surface area contributed by atoms with Crippen molar-refractivity contribution in [3.63, 3.8) is 0 Å². The molecule has 128 valence electrons. The van der Waals surface area contributed by atoms with Gasteiger partial charge in [0.05, 0.1) is 6.10 Å². The highest BCUT2D eigenvalue weighted by Gasteiger charge is 2.16. The van der Waals surface area contributed by atoms with Crippen molar-refractivity contribution in [2.75, 3.05) is 19.8 Å². The number of amides is 1. The molecule has 0 bridgehead atoms. The van der Waals surface area contributed by atoms with E-state index in [1.807, 2.05) is 12.1 Å². The molecule has 7 nitrogen and oxygen atoms in total. The number of rotatable bonds is 8. The molecule has 2 heterocycles. The number of aryl methyl sites for hydroxylation is 1. The number of hydrogen-bond donors (Lipinski definition) is 2. The molecule has 2 aromatic rings. The Hall–Kier alpha value is -2.41. The zero-order chi connectivity index (χ0) is 16.6. The van der Waals surface area contributed by atoms with E-state index in [0.717, 1.165) is 38.1 Å². The Balaban J connectivity index is 1.42. The molecule has 1 atom stereocenters. The molecule has 7 heteroatoms. The first-order valence-electron chi connectivity index (χ1n) is 8.28. The van der Waals surface area contributed by atoms with E-state index in [1.165, 1.54) is 6.33 Å². The van der Waals surface area contributed by atoms with Crippen LogP contribution in [0.1, 0.15) is 35.4 Å². The molecule has 24 heavy (non-hydrogen) atoms. The molecule has 3 rings (SSSR count). The predicted molar refractivity (Wildman–Crippen MR) is 87.9 cm³/mol. The largest absolute Gasteiger partial charge is 0.491 e. The number of carbonyl (C=O) groups is 1. The van der Waals surface area contributed by atoms with Crippen molar-refractivity contribution in [2.24, 2.45) is 0 Å². The van der Waals surface area contributed by atoms with Crippen LogP contribution in [0.3, 0.4) is 0 Å². The average Bonchev–Trinajstić information content (AvgIpc) is 3.30. The topological polar surface area (TPSA) is 89.1 Å². The van der Waals surface area contributed by atoms with Gasteiger partial charge in [-0.3, -0.25) is 9.89 Å². The molecular weight excluding hydrogens is 308 g/mol. The number of benzene rings is 1. The summed E-state index contributed by atoms with van der Waals surface area (Å²) in [5.41, 5.74) is 0.597. The number of carbonyl (C=O) groups excluding carboxylic acids is 1. The summed E-state index contributed by atoms with van der Waals surface area (Å²) in [7, 11) is 0. The number of aromatic amines is 1. The molecule has 1 saturated heterocycles. The lowest BCUT2D eigenvalue weighted by atomic mass is 10.2. The van der Waals surface area contributed by atoms with Gasteiger partial charge in [0.2, 0.25) is 0 Å². The number of nitrogens with zero attached hydrogens (tertiary/aromatic N) is 2. The Labute approximate surface area is 140 Å². The summed E-state index contributed by atoms with van der Waals surface area (Å²) in [5, 5.41) is 9.50. The van der Waals surface area contributed by atoms with Crippen LogP contribution in [0, 0.1) is 0 Å². The summed E-state index contributed by atoms with van der Waals surface area (Å²) in [6, 6.07) is 7.23. The SMILES string of the molecule is O=C(NCCCc1ncn[nH]1)c1cccc(OCC2CCCO2)c1. The van der Waals surface area contributed by atoms with Crippen LogP contribution in [-0.4, -0.2) is 47.0 Å². The summed E-state index contributed by atoms with van der Waals surface area (Å²) in [4.78, 5) is 16.2. The first-order chi connectivity index (χ1) is 11.8. The minimum absolute atomic E-state index is 0.102. The maximum absolute atomic E-state index is 12.2. The number of nitrogens with one attached hydrogen (secondary N) is 2. The molecule has 2 N–H and O–H groups in total. The third kappa shape index (κ3) is 4.79. The minimum atomic E-state index is -0.102. The van der Waals surface area contributed by atoms with Gasteiger partial charge in [-0.15, -0.1) is 0 Å². The van der Waals surface area contributed by atoms with Crippen molar-refractivity contribution < 1.29 is 14.3 Å². The van der Waals surface area contributed by atoms with E-state index in [0.29, 0.717) is 24.5 Å². The van der Waals surface area contributed by atoms with Gasteiger partial charge in [0, 0.05) is 25.1 Å². The van der Waals surface area contributed by atoms with E-state index in [9.17, 15) is 4.79 Å². The van der Waals surface area contributed by atoms with Gasteiger partial charge in [0.15, 0.2) is 0 Å². The fourth-order valence-corrected chi connectivity index (χ4v) is 2.60. The zero-order valence-corrected chi connectivity index (χ0v) is 13.5. The molecule has 0 aliphatic carbocycles. The molecule has 1 aliphatic heterocycles. The van der Waals surface area contributed by atoms with E-state index < -0.39 is 0 Å². The minimum Gasteiger partial charge on any atom is -0.491 e. The number of aromatic nitrogens is 3. The monoisotopic (exact) mass is 330 g/mol. The van der Waals surface area contributed by atoms with Crippen molar-refractivity contribution in [1.82, 2.24) is 20.5 Å². The second-order valence-corrected chi connectivity index (χ2v) is 5.77. The zero-order valence-electron chi connectivity index (χ0n) is 13.5. The van der Waals surface area contributed by atoms with Gasteiger partial charge in [-0.1, -0.05) is 6.07 Å². The van der Waals surface area contributed by atoms with Crippen molar-refractivity contribution in [2.45, 2.75) is 31.8 Å². The van der Waals surface area contributed by atoms with E-state index in [1.54, 1.807) is 12.1 Å². The average molecular weight is 330 g/mol. The van der Waals surface area contributed by atoms with Gasteiger partial charge in [-0.25, -0.2) is 4.98 Å². The van der Waals surface area contributed by atoms with Gasteiger partial charge in [0.25, 0.3) is 5.91 Å². The fourth-order valence-electron chi connectivity index (χ4n) is 2.60. The van der Waals surface area contributed by atoms with Crippen LogP contribution in [0.5, 0.6) is 5.75 Å². The van der Waals surface area contributed by atoms with Gasteiger partial charge >= 0.3 is 0 Å². The molecule has 1 amide bonds. The number of H-pyrrole nitrogens is 1. The van der Waals surface area contributed by atoms with Crippen LogP contribution in [-0.2, 0) is 11.2 Å². The lowest BCUT2D eigenvalue weighted by Gasteiger charge is -2.12. The van der Waals surface area contributed by atoms with Gasteiger partial charge < -0.3 is 14.8 Å². The fraction of sp³-hybridized carbons (Fsp3) is 0.471. The highest BCUT2D eigenvalue weighted by molar-refractivity contribution is 5.94. The lowest BCUT2D eigenvalue weighted by Crippen LogP contribution is -2.25. The second-order valence-electron chi connectivity index (χ2n) is 5.77. The van der Waals surface area contributed by atoms with E-state index in [2.05, 4.69) is 20.5 Å². The molecule has 1 aliphatic rings. The first-order valence-corrected chi connectivity index (χ1v) is 8.28. The maximum atomic E-state index is 12.2. The van der Waals surface area contributed by atoms with E-state index in [4.69, 9.17) is 9.47 Å². The molecule has 0 saturated carbocycles. The van der Waals surface area contributed by atoms with E-state index in [-0.39, 0.29) is 12.0 Å². The molecular formula is C17H22N4O3. The normalized spacial score (nSPS) is 16.9. The molecule has 1 aromatic carbocycles. The summed E-state index contributed by atoms with van der Waals surface area (Å²) >= 11 is 0. The summed E-state index contributed by atoms with van der Waals surface area (Å²) in [5.74, 6) is 1.42. The van der Waals surface area contributed by atoms with Crippen LogP contribution in [0.2, 0.25) is 0 Å². The third-order valence-corrected chi connectivity index (χ3v) is 3.90. The van der Waals surface area contributed by atoms with Gasteiger partial charge in [0.1, 0.15) is 24.5 Å². The molecule has 1 aromatic heterocycles. The Morgan fingerprint density at radius 2 is 2.42 bits per heavy atom. The quantitative estimate of drug-likeness (QED) is 0.720. The van der Waals surface area contributed by atoms with Crippen molar-refractivity contribution >= 4 is 5.91 Å². The molecule has 1 fully saturated rings. The van der Waals surface area contributed by atoms with E-state index >= 15 is 0 Å². The summed E-state index contributed by atoms with van der Waals surface area (Å²) in [6.07, 6.45) is 5.32. The lowest BCUT2D eigenvalue weighted by molar-refractivity contribution is 0.0679. The van der Waals surface area contributed by atoms with Crippen molar-refractivity contribution in [1.29, 1.82) is 0 Å². The van der Waals surface area contributed by atoms with Crippen LogP contribution < -0.4 is 10.1 Å².